The summed E-state index contributed by atoms with van der Waals surface area (Å²) in [6.45, 7) is 0.339. The molecular weight excluding hydrogens is 416 g/mol. The Bertz CT molecular complexity index is 1130. The average Bonchev–Trinajstić information content (AvgIpc) is 3.49. The number of nitrogens with one attached hydrogen (secondary N) is 1. The molecular formula is C22H20N4O4S. The van der Waals surface area contributed by atoms with Gasteiger partial charge in [0, 0.05) is 42.6 Å². The number of carbonyl (C=O) groups is 1. The second kappa shape index (κ2) is 9.86. The Labute approximate surface area is 182 Å². The molecule has 9 heteroatoms. The molecule has 1 N–H and O–H groups in total. The van der Waals surface area contributed by atoms with Gasteiger partial charge in [-0.05, 0) is 29.6 Å². The van der Waals surface area contributed by atoms with Gasteiger partial charge in [0.15, 0.2) is 11.5 Å². The van der Waals surface area contributed by atoms with Crippen LogP contribution in [0, 0.1) is 0 Å². The van der Waals surface area contributed by atoms with Crippen LogP contribution in [-0.4, -0.2) is 28.1 Å². The van der Waals surface area contributed by atoms with Crippen LogP contribution in [-0.2, 0) is 17.8 Å². The van der Waals surface area contributed by atoms with Crippen LogP contribution in [0.5, 0.6) is 11.5 Å². The van der Waals surface area contributed by atoms with E-state index in [0.717, 1.165) is 10.4 Å². The summed E-state index contributed by atoms with van der Waals surface area (Å²) >= 11 is 1.53. The van der Waals surface area contributed by atoms with Crippen LogP contribution in [0.15, 0.2) is 64.8 Å². The lowest BCUT2D eigenvalue weighted by molar-refractivity contribution is -0.116. The van der Waals surface area contributed by atoms with Crippen LogP contribution in [0.1, 0.15) is 17.9 Å². The number of nitrogens with zero attached hydrogens (tertiary/aromatic N) is 3. The van der Waals surface area contributed by atoms with E-state index >= 15 is 0 Å². The molecule has 0 aliphatic rings. The molecule has 0 spiro atoms. The molecule has 0 unspecified atom stereocenters. The van der Waals surface area contributed by atoms with Gasteiger partial charge < -0.3 is 19.3 Å². The molecule has 4 rings (SSSR count). The van der Waals surface area contributed by atoms with Gasteiger partial charge in [0.25, 0.3) is 0 Å². The lowest BCUT2D eigenvalue weighted by Gasteiger charge is -2.13. The fourth-order valence-electron chi connectivity index (χ4n) is 2.82. The number of carbonyl (C=O) groups excluding carboxylic acids is 1. The number of anilines is 1. The van der Waals surface area contributed by atoms with Crippen LogP contribution in [0.4, 0.5) is 5.69 Å². The minimum atomic E-state index is -0.167. The molecule has 8 nitrogen and oxygen atoms in total. The molecule has 158 valence electrons. The summed E-state index contributed by atoms with van der Waals surface area (Å²) in [4.78, 5) is 21.7. The van der Waals surface area contributed by atoms with Crippen LogP contribution >= 0.6 is 11.3 Å². The van der Waals surface area contributed by atoms with E-state index in [1.165, 1.54) is 11.3 Å². The normalized spacial score (nSPS) is 10.6. The van der Waals surface area contributed by atoms with E-state index in [4.69, 9.17) is 14.0 Å². The molecule has 3 aromatic heterocycles. The van der Waals surface area contributed by atoms with Crippen molar-refractivity contribution in [3.05, 3.63) is 71.7 Å². The lowest BCUT2D eigenvalue weighted by atomic mass is 10.2. The number of amides is 1. The van der Waals surface area contributed by atoms with Crippen molar-refractivity contribution in [1.82, 2.24) is 15.1 Å². The number of pyridine rings is 1. The van der Waals surface area contributed by atoms with Crippen LogP contribution in [0.25, 0.3) is 10.7 Å². The van der Waals surface area contributed by atoms with E-state index in [1.807, 2.05) is 29.6 Å². The third-order valence-electron chi connectivity index (χ3n) is 4.34. The summed E-state index contributed by atoms with van der Waals surface area (Å²) in [5.74, 6) is 1.90. The highest BCUT2D eigenvalue weighted by atomic mass is 32.1. The smallest absolute Gasteiger partial charge is 0.227 e. The van der Waals surface area contributed by atoms with E-state index in [0.29, 0.717) is 41.9 Å². The van der Waals surface area contributed by atoms with Crippen molar-refractivity contribution < 1.29 is 18.8 Å². The molecule has 0 radical (unpaired) electrons. The fourth-order valence-corrected chi connectivity index (χ4v) is 3.47. The summed E-state index contributed by atoms with van der Waals surface area (Å²) in [5.41, 5.74) is 1.54. The topological polar surface area (TPSA) is 99.4 Å². The van der Waals surface area contributed by atoms with E-state index in [9.17, 15) is 4.79 Å². The van der Waals surface area contributed by atoms with Gasteiger partial charge in [-0.3, -0.25) is 9.78 Å². The number of hydrogen-bond acceptors (Lipinski definition) is 8. The molecule has 0 atom stereocenters. The molecule has 0 saturated heterocycles. The zero-order valence-corrected chi connectivity index (χ0v) is 17.6. The molecule has 0 saturated carbocycles. The van der Waals surface area contributed by atoms with Gasteiger partial charge in [0.2, 0.25) is 17.6 Å². The largest absolute Gasteiger partial charge is 0.493 e. The van der Waals surface area contributed by atoms with E-state index in [-0.39, 0.29) is 12.3 Å². The molecule has 4 aromatic rings. The van der Waals surface area contributed by atoms with Crippen LogP contribution < -0.4 is 14.8 Å². The van der Waals surface area contributed by atoms with Gasteiger partial charge in [-0.2, -0.15) is 4.98 Å². The Hall–Kier alpha value is -3.72. The van der Waals surface area contributed by atoms with Crippen molar-refractivity contribution in [3.63, 3.8) is 0 Å². The molecule has 0 aliphatic carbocycles. The number of aryl methyl sites for hydroxylation is 1. The summed E-state index contributed by atoms with van der Waals surface area (Å²) in [7, 11) is 1.57. The quantitative estimate of drug-likeness (QED) is 0.416. The standard InChI is InChI=1S/C22H20N4O4S/c1-28-17-7-6-16(12-18(17)29-14-15-4-2-10-23-13-15)24-20(27)8-9-21-25-22(26-30-21)19-5-3-11-31-19/h2-7,10-13H,8-9,14H2,1H3,(H,24,27). The maximum absolute atomic E-state index is 12.4. The van der Waals surface area contributed by atoms with Crippen molar-refractivity contribution in [1.29, 1.82) is 0 Å². The highest BCUT2D eigenvalue weighted by Gasteiger charge is 2.13. The fraction of sp³-hybridized carbons (Fsp3) is 0.182. The highest BCUT2D eigenvalue weighted by Crippen LogP contribution is 2.31. The monoisotopic (exact) mass is 436 g/mol. The Morgan fingerprint density at radius 2 is 2.13 bits per heavy atom. The third kappa shape index (κ3) is 5.46. The Kier molecular flexibility index (Phi) is 6.53. The van der Waals surface area contributed by atoms with Crippen molar-refractivity contribution in [2.45, 2.75) is 19.4 Å². The predicted molar refractivity (Wildman–Crippen MR) is 116 cm³/mol. The van der Waals surface area contributed by atoms with Crippen molar-refractivity contribution in [2.24, 2.45) is 0 Å². The number of ether oxygens (including phenoxy) is 2. The molecule has 3 heterocycles. The highest BCUT2D eigenvalue weighted by molar-refractivity contribution is 7.13. The van der Waals surface area contributed by atoms with E-state index < -0.39 is 0 Å². The summed E-state index contributed by atoms with van der Waals surface area (Å²) < 4.78 is 16.4. The van der Waals surface area contributed by atoms with Crippen molar-refractivity contribution >= 4 is 22.9 Å². The Balaban J connectivity index is 1.34. The zero-order chi connectivity index (χ0) is 21.5. The summed E-state index contributed by atoms with van der Waals surface area (Å²) in [6.07, 6.45) is 4.01. The van der Waals surface area contributed by atoms with Crippen molar-refractivity contribution in [2.75, 3.05) is 12.4 Å². The SMILES string of the molecule is COc1ccc(NC(=O)CCc2nc(-c3cccs3)no2)cc1OCc1cccnc1. The number of benzene rings is 1. The van der Waals surface area contributed by atoms with Gasteiger partial charge in [-0.1, -0.05) is 17.3 Å². The molecule has 1 amide bonds. The summed E-state index contributed by atoms with van der Waals surface area (Å²) in [6, 6.07) is 12.9. The minimum absolute atomic E-state index is 0.167. The number of aromatic nitrogens is 3. The number of rotatable bonds is 9. The van der Waals surface area contributed by atoms with E-state index in [1.54, 1.807) is 37.7 Å². The average molecular weight is 436 g/mol. The molecule has 31 heavy (non-hydrogen) atoms. The number of thiophene rings is 1. The van der Waals surface area contributed by atoms with Gasteiger partial charge in [-0.15, -0.1) is 11.3 Å². The molecule has 0 fully saturated rings. The second-order valence-corrected chi connectivity index (χ2v) is 7.50. The van der Waals surface area contributed by atoms with Gasteiger partial charge >= 0.3 is 0 Å². The summed E-state index contributed by atoms with van der Waals surface area (Å²) in [5, 5.41) is 8.76. The molecule has 0 bridgehead atoms. The number of hydrogen-bond donors (Lipinski definition) is 1. The van der Waals surface area contributed by atoms with Gasteiger partial charge in [-0.25, -0.2) is 0 Å². The zero-order valence-electron chi connectivity index (χ0n) is 16.8. The number of methoxy groups -OCH3 is 1. The molecule has 0 aliphatic heterocycles. The maximum Gasteiger partial charge on any atom is 0.227 e. The van der Waals surface area contributed by atoms with Crippen LogP contribution in [0.2, 0.25) is 0 Å². The first-order chi connectivity index (χ1) is 15.2. The molecule has 1 aromatic carbocycles. The minimum Gasteiger partial charge on any atom is -0.493 e. The first-order valence-electron chi connectivity index (χ1n) is 9.57. The van der Waals surface area contributed by atoms with Gasteiger partial charge in [0.1, 0.15) is 6.61 Å². The lowest BCUT2D eigenvalue weighted by Crippen LogP contribution is -2.12. The Morgan fingerprint density at radius 1 is 1.19 bits per heavy atom. The maximum atomic E-state index is 12.4. The first kappa shape index (κ1) is 20.5. The second-order valence-electron chi connectivity index (χ2n) is 6.55. The van der Waals surface area contributed by atoms with Gasteiger partial charge in [0.05, 0.1) is 12.0 Å². The Morgan fingerprint density at radius 3 is 2.90 bits per heavy atom. The van der Waals surface area contributed by atoms with E-state index in [2.05, 4.69) is 20.4 Å². The van der Waals surface area contributed by atoms with Crippen LogP contribution in [0.3, 0.4) is 0 Å². The first-order valence-corrected chi connectivity index (χ1v) is 10.5. The third-order valence-corrected chi connectivity index (χ3v) is 5.21. The predicted octanol–water partition coefficient (Wildman–Crippen LogP) is 4.35. The van der Waals surface area contributed by atoms with Crippen molar-refractivity contribution in [3.8, 4) is 22.2 Å².